The molecular formula is C18H22BrNO2. The van der Waals surface area contributed by atoms with E-state index < -0.39 is 6.10 Å². The van der Waals surface area contributed by atoms with Crippen molar-refractivity contribution in [3.05, 3.63) is 64.1 Å². The van der Waals surface area contributed by atoms with Gasteiger partial charge in [0.2, 0.25) is 0 Å². The van der Waals surface area contributed by atoms with Gasteiger partial charge in [-0.05, 0) is 37.2 Å². The number of likely N-dealkylation sites (N-methyl/N-ethyl adjacent to an activating group) is 1. The number of hydrogen-bond acceptors (Lipinski definition) is 3. The molecule has 0 radical (unpaired) electrons. The van der Waals surface area contributed by atoms with Crippen LogP contribution in [-0.4, -0.2) is 36.3 Å². The molecule has 1 N–H and O–H groups in total. The zero-order valence-electron chi connectivity index (χ0n) is 13.0. The molecule has 2 aromatic carbocycles. The van der Waals surface area contributed by atoms with Crippen LogP contribution < -0.4 is 4.74 Å². The smallest absolute Gasteiger partial charge is 0.122 e. The third-order valence-corrected chi connectivity index (χ3v) is 4.22. The Morgan fingerprint density at radius 2 is 1.82 bits per heavy atom. The van der Waals surface area contributed by atoms with Gasteiger partial charge < -0.3 is 9.84 Å². The first kappa shape index (κ1) is 17.0. The third-order valence-electron chi connectivity index (χ3n) is 3.45. The molecule has 0 aliphatic rings. The van der Waals surface area contributed by atoms with Crippen molar-refractivity contribution in [3.8, 4) is 5.75 Å². The van der Waals surface area contributed by atoms with Gasteiger partial charge in [0.1, 0.15) is 18.5 Å². The van der Waals surface area contributed by atoms with E-state index in [1.54, 1.807) is 0 Å². The Bertz CT molecular complexity index is 603. The summed E-state index contributed by atoms with van der Waals surface area (Å²) in [7, 11) is 2.00. The molecule has 22 heavy (non-hydrogen) atoms. The normalized spacial score (nSPS) is 12.4. The molecule has 0 heterocycles. The maximum absolute atomic E-state index is 10.1. The second-order valence-electron chi connectivity index (χ2n) is 5.52. The van der Waals surface area contributed by atoms with Gasteiger partial charge in [0.15, 0.2) is 0 Å². The van der Waals surface area contributed by atoms with E-state index >= 15 is 0 Å². The minimum Gasteiger partial charge on any atom is -0.491 e. The lowest BCUT2D eigenvalue weighted by Gasteiger charge is -2.21. The molecule has 0 amide bonds. The molecule has 0 aromatic heterocycles. The van der Waals surface area contributed by atoms with E-state index in [1.807, 2.05) is 56.4 Å². The molecular weight excluding hydrogens is 342 g/mol. The number of para-hydroxylation sites is 1. The Kier molecular flexibility index (Phi) is 6.43. The standard InChI is InChI=1S/C18H22BrNO2/c1-14-7-3-6-10-18(14)22-13-16(21)12-20(2)11-15-8-4-5-9-17(15)19/h3-10,16,21H,11-13H2,1-2H3. The van der Waals surface area contributed by atoms with Crippen molar-refractivity contribution in [2.24, 2.45) is 0 Å². The molecule has 0 aliphatic carbocycles. The topological polar surface area (TPSA) is 32.7 Å². The maximum Gasteiger partial charge on any atom is 0.122 e. The number of rotatable bonds is 7. The summed E-state index contributed by atoms with van der Waals surface area (Å²) in [5.41, 5.74) is 2.29. The van der Waals surface area contributed by atoms with Crippen LogP contribution >= 0.6 is 15.9 Å². The van der Waals surface area contributed by atoms with Crippen molar-refractivity contribution in [3.63, 3.8) is 0 Å². The van der Waals surface area contributed by atoms with Crippen molar-refractivity contribution in [2.75, 3.05) is 20.2 Å². The number of aryl methyl sites for hydroxylation is 1. The first-order valence-corrected chi connectivity index (χ1v) is 8.14. The van der Waals surface area contributed by atoms with Crippen LogP contribution in [0.3, 0.4) is 0 Å². The lowest BCUT2D eigenvalue weighted by molar-refractivity contribution is 0.0741. The molecule has 0 fully saturated rings. The highest BCUT2D eigenvalue weighted by molar-refractivity contribution is 9.10. The fourth-order valence-corrected chi connectivity index (χ4v) is 2.71. The molecule has 2 rings (SSSR count). The summed E-state index contributed by atoms with van der Waals surface area (Å²) in [4.78, 5) is 2.09. The zero-order valence-corrected chi connectivity index (χ0v) is 14.6. The molecule has 0 saturated carbocycles. The van der Waals surface area contributed by atoms with Crippen molar-refractivity contribution in [1.29, 1.82) is 0 Å². The van der Waals surface area contributed by atoms with Crippen LogP contribution in [0.1, 0.15) is 11.1 Å². The fourth-order valence-electron chi connectivity index (χ4n) is 2.30. The second-order valence-corrected chi connectivity index (χ2v) is 6.37. The van der Waals surface area contributed by atoms with E-state index in [9.17, 15) is 5.11 Å². The molecule has 0 aliphatic heterocycles. The lowest BCUT2D eigenvalue weighted by Crippen LogP contribution is -2.32. The molecule has 3 nitrogen and oxygen atoms in total. The number of hydrogen-bond donors (Lipinski definition) is 1. The highest BCUT2D eigenvalue weighted by Gasteiger charge is 2.11. The molecule has 1 unspecified atom stereocenters. The predicted octanol–water partition coefficient (Wildman–Crippen LogP) is 3.63. The average molecular weight is 364 g/mol. The molecule has 4 heteroatoms. The second kappa shape index (κ2) is 8.32. The average Bonchev–Trinajstić information content (AvgIpc) is 2.49. The Labute approximate surface area is 140 Å². The summed E-state index contributed by atoms with van der Waals surface area (Å²) >= 11 is 3.55. The van der Waals surface area contributed by atoms with Gasteiger partial charge in [-0.1, -0.05) is 52.3 Å². The summed E-state index contributed by atoms with van der Waals surface area (Å²) in [5, 5.41) is 10.1. The van der Waals surface area contributed by atoms with E-state index in [2.05, 4.69) is 26.9 Å². The number of nitrogens with zero attached hydrogens (tertiary/aromatic N) is 1. The largest absolute Gasteiger partial charge is 0.491 e. The van der Waals surface area contributed by atoms with Crippen LogP contribution in [0.2, 0.25) is 0 Å². The van der Waals surface area contributed by atoms with E-state index in [1.165, 1.54) is 5.56 Å². The number of aliphatic hydroxyl groups excluding tert-OH is 1. The molecule has 1 atom stereocenters. The minimum atomic E-state index is -0.521. The Morgan fingerprint density at radius 3 is 2.55 bits per heavy atom. The monoisotopic (exact) mass is 363 g/mol. The minimum absolute atomic E-state index is 0.297. The molecule has 0 bridgehead atoms. The van der Waals surface area contributed by atoms with Crippen molar-refractivity contribution in [1.82, 2.24) is 4.90 Å². The van der Waals surface area contributed by atoms with Crippen LogP contribution in [0.25, 0.3) is 0 Å². The number of ether oxygens (including phenoxy) is 1. The van der Waals surface area contributed by atoms with Crippen molar-refractivity contribution < 1.29 is 9.84 Å². The molecule has 2 aromatic rings. The summed E-state index contributed by atoms with van der Waals surface area (Å²) in [6, 6.07) is 16.0. The van der Waals surface area contributed by atoms with Crippen LogP contribution in [0, 0.1) is 6.92 Å². The molecule has 0 spiro atoms. The lowest BCUT2D eigenvalue weighted by atomic mass is 10.2. The van der Waals surface area contributed by atoms with E-state index in [4.69, 9.17) is 4.74 Å². The van der Waals surface area contributed by atoms with Gasteiger partial charge in [-0.25, -0.2) is 0 Å². The van der Waals surface area contributed by atoms with Crippen LogP contribution in [0.5, 0.6) is 5.75 Å². The maximum atomic E-state index is 10.1. The van der Waals surface area contributed by atoms with Crippen LogP contribution in [0.4, 0.5) is 0 Å². The third kappa shape index (κ3) is 5.13. The highest BCUT2D eigenvalue weighted by atomic mass is 79.9. The number of halogens is 1. The van der Waals surface area contributed by atoms with Gasteiger partial charge in [-0.2, -0.15) is 0 Å². The summed E-state index contributed by atoms with van der Waals surface area (Å²) in [6.07, 6.45) is -0.521. The van der Waals surface area contributed by atoms with Gasteiger partial charge in [0.25, 0.3) is 0 Å². The Balaban J connectivity index is 1.80. The first-order chi connectivity index (χ1) is 10.6. The predicted molar refractivity (Wildman–Crippen MR) is 93.2 cm³/mol. The Morgan fingerprint density at radius 1 is 1.14 bits per heavy atom. The van der Waals surface area contributed by atoms with Gasteiger partial charge in [0, 0.05) is 17.6 Å². The van der Waals surface area contributed by atoms with Gasteiger partial charge in [-0.15, -0.1) is 0 Å². The van der Waals surface area contributed by atoms with Crippen molar-refractivity contribution >= 4 is 15.9 Å². The fraction of sp³-hybridized carbons (Fsp3) is 0.333. The summed E-state index contributed by atoms with van der Waals surface area (Å²) in [5.74, 6) is 0.829. The van der Waals surface area contributed by atoms with Crippen LogP contribution in [-0.2, 0) is 6.54 Å². The van der Waals surface area contributed by atoms with E-state index in [0.717, 1.165) is 22.3 Å². The highest BCUT2D eigenvalue weighted by Crippen LogP contribution is 2.18. The van der Waals surface area contributed by atoms with Gasteiger partial charge in [-0.3, -0.25) is 4.90 Å². The van der Waals surface area contributed by atoms with Crippen molar-refractivity contribution in [2.45, 2.75) is 19.6 Å². The molecule has 0 saturated heterocycles. The number of aliphatic hydroxyl groups is 1. The SMILES string of the molecule is Cc1ccccc1OCC(O)CN(C)Cc1ccccc1Br. The first-order valence-electron chi connectivity index (χ1n) is 7.34. The van der Waals surface area contributed by atoms with Gasteiger partial charge in [0.05, 0.1) is 0 Å². The summed E-state index contributed by atoms with van der Waals surface area (Å²) < 4.78 is 6.78. The quantitative estimate of drug-likeness (QED) is 0.815. The zero-order chi connectivity index (χ0) is 15.9. The Hall–Kier alpha value is -1.36. The number of benzene rings is 2. The van der Waals surface area contributed by atoms with E-state index in [-0.39, 0.29) is 0 Å². The van der Waals surface area contributed by atoms with E-state index in [0.29, 0.717) is 13.2 Å². The summed E-state index contributed by atoms with van der Waals surface area (Å²) in [6.45, 7) is 3.64. The molecule has 118 valence electrons. The van der Waals surface area contributed by atoms with Gasteiger partial charge >= 0.3 is 0 Å². The van der Waals surface area contributed by atoms with Crippen LogP contribution in [0.15, 0.2) is 53.0 Å².